The number of nitrogens with two attached hydrogens (primary N) is 1. The maximum atomic E-state index is 12.1. The minimum Gasteiger partial charge on any atom is -0.435 e. The molecule has 0 fully saturated rings. The Labute approximate surface area is 114 Å². The second kappa shape index (κ2) is 6.98. The molecule has 0 heterocycles. The lowest BCUT2D eigenvalue weighted by molar-refractivity contribution is -0.0498. The first-order valence-corrected chi connectivity index (χ1v) is 5.93. The van der Waals surface area contributed by atoms with E-state index in [1.807, 2.05) is 0 Å². The lowest BCUT2D eigenvalue weighted by Crippen LogP contribution is -2.35. The van der Waals surface area contributed by atoms with Gasteiger partial charge in [0.05, 0.1) is 4.99 Å². The number of halogens is 2. The minimum absolute atomic E-state index is 0.0651. The molecule has 7 heteroatoms. The zero-order valence-electron chi connectivity index (χ0n) is 10.2. The highest BCUT2D eigenvalue weighted by atomic mass is 32.1. The fourth-order valence-corrected chi connectivity index (χ4v) is 1.72. The first-order valence-electron chi connectivity index (χ1n) is 5.52. The third kappa shape index (κ3) is 5.60. The summed E-state index contributed by atoms with van der Waals surface area (Å²) in [6.07, 6.45) is 0.369. The van der Waals surface area contributed by atoms with Crippen molar-refractivity contribution in [2.24, 2.45) is 5.73 Å². The molecule has 0 aliphatic rings. The van der Waals surface area contributed by atoms with E-state index < -0.39 is 12.5 Å². The van der Waals surface area contributed by atoms with Gasteiger partial charge in [-0.25, -0.2) is 0 Å². The maximum Gasteiger partial charge on any atom is 0.387 e. The molecule has 0 bridgehead atoms. The van der Waals surface area contributed by atoms with Gasteiger partial charge >= 0.3 is 6.61 Å². The Bertz CT molecular complexity index is 469. The summed E-state index contributed by atoms with van der Waals surface area (Å²) in [7, 11) is 0. The summed E-state index contributed by atoms with van der Waals surface area (Å²) in [5.74, 6) is -0.465. The Hall–Kier alpha value is -1.76. The molecule has 0 saturated carbocycles. The third-order valence-corrected chi connectivity index (χ3v) is 2.37. The van der Waals surface area contributed by atoms with Gasteiger partial charge in [0.1, 0.15) is 5.75 Å². The van der Waals surface area contributed by atoms with Gasteiger partial charge in [0.2, 0.25) is 0 Å². The van der Waals surface area contributed by atoms with Crippen molar-refractivity contribution < 1.29 is 18.3 Å². The fourth-order valence-electron chi connectivity index (χ4n) is 1.47. The SMILES string of the molecule is CC(CC(N)=S)NC(=O)c1cccc(OC(F)F)c1. The van der Waals surface area contributed by atoms with Crippen LogP contribution in [0.15, 0.2) is 24.3 Å². The number of benzene rings is 1. The van der Waals surface area contributed by atoms with Gasteiger partial charge in [-0.3, -0.25) is 4.79 Å². The van der Waals surface area contributed by atoms with Gasteiger partial charge in [-0.2, -0.15) is 8.78 Å². The highest BCUT2D eigenvalue weighted by Gasteiger charge is 2.12. The average Bonchev–Trinajstić information content (AvgIpc) is 2.27. The van der Waals surface area contributed by atoms with Crippen LogP contribution in [0.25, 0.3) is 0 Å². The molecule has 0 aliphatic heterocycles. The molecule has 19 heavy (non-hydrogen) atoms. The monoisotopic (exact) mass is 288 g/mol. The second-order valence-electron chi connectivity index (χ2n) is 3.95. The zero-order chi connectivity index (χ0) is 14.4. The number of amides is 1. The highest BCUT2D eigenvalue weighted by Crippen LogP contribution is 2.16. The summed E-state index contributed by atoms with van der Waals surface area (Å²) in [6, 6.07) is 5.33. The third-order valence-electron chi connectivity index (χ3n) is 2.21. The number of alkyl halides is 2. The summed E-state index contributed by atoms with van der Waals surface area (Å²) in [5, 5.41) is 2.66. The molecule has 1 amide bonds. The van der Waals surface area contributed by atoms with Crippen molar-refractivity contribution in [3.63, 3.8) is 0 Å². The van der Waals surface area contributed by atoms with Crippen molar-refractivity contribution in [2.75, 3.05) is 0 Å². The van der Waals surface area contributed by atoms with Crippen molar-refractivity contribution in [3.8, 4) is 5.75 Å². The molecule has 1 unspecified atom stereocenters. The number of carbonyl (C=O) groups excluding carboxylic acids is 1. The van der Waals surface area contributed by atoms with Gasteiger partial charge in [0.15, 0.2) is 0 Å². The first kappa shape index (κ1) is 15.3. The number of ether oxygens (including phenoxy) is 1. The van der Waals surface area contributed by atoms with E-state index in [-0.39, 0.29) is 17.4 Å². The number of thiocarbonyl (C=S) groups is 1. The van der Waals surface area contributed by atoms with E-state index >= 15 is 0 Å². The van der Waals surface area contributed by atoms with Crippen LogP contribution < -0.4 is 15.8 Å². The minimum atomic E-state index is -2.92. The van der Waals surface area contributed by atoms with Crippen molar-refractivity contribution >= 4 is 23.1 Å². The Morgan fingerprint density at radius 2 is 2.21 bits per heavy atom. The number of hydrogen-bond acceptors (Lipinski definition) is 3. The number of nitrogens with one attached hydrogen (secondary N) is 1. The van der Waals surface area contributed by atoms with Crippen LogP contribution in [0.1, 0.15) is 23.7 Å². The van der Waals surface area contributed by atoms with Crippen molar-refractivity contribution in [1.82, 2.24) is 5.32 Å². The molecule has 0 aromatic heterocycles. The van der Waals surface area contributed by atoms with Gasteiger partial charge < -0.3 is 15.8 Å². The lowest BCUT2D eigenvalue weighted by Gasteiger charge is -2.13. The molecule has 3 N–H and O–H groups in total. The maximum absolute atomic E-state index is 12.1. The van der Waals surface area contributed by atoms with E-state index in [9.17, 15) is 13.6 Å². The topological polar surface area (TPSA) is 64.3 Å². The Kier molecular flexibility index (Phi) is 5.62. The van der Waals surface area contributed by atoms with E-state index in [1.165, 1.54) is 24.3 Å². The van der Waals surface area contributed by atoms with Crippen LogP contribution in [0.3, 0.4) is 0 Å². The summed E-state index contributed by atoms with van der Waals surface area (Å²) < 4.78 is 28.3. The van der Waals surface area contributed by atoms with Gasteiger partial charge in [-0.05, 0) is 25.1 Å². The van der Waals surface area contributed by atoms with Crippen molar-refractivity contribution in [3.05, 3.63) is 29.8 Å². The van der Waals surface area contributed by atoms with Crippen LogP contribution in [0.4, 0.5) is 8.78 Å². The van der Waals surface area contributed by atoms with Crippen molar-refractivity contribution in [1.29, 1.82) is 0 Å². The Balaban J connectivity index is 2.68. The largest absolute Gasteiger partial charge is 0.435 e. The summed E-state index contributed by atoms with van der Waals surface area (Å²) >= 11 is 4.73. The predicted molar refractivity (Wildman–Crippen MR) is 71.4 cm³/mol. The van der Waals surface area contributed by atoms with Crippen LogP contribution >= 0.6 is 12.2 Å². The van der Waals surface area contributed by atoms with Crippen LogP contribution in [0.2, 0.25) is 0 Å². The van der Waals surface area contributed by atoms with Gasteiger partial charge in [-0.15, -0.1) is 0 Å². The number of carbonyl (C=O) groups is 1. The van der Waals surface area contributed by atoms with Crippen LogP contribution in [-0.4, -0.2) is 23.5 Å². The number of rotatable bonds is 6. The highest BCUT2D eigenvalue weighted by molar-refractivity contribution is 7.80. The molecule has 0 saturated heterocycles. The normalized spacial score (nSPS) is 12.0. The summed E-state index contributed by atoms with van der Waals surface area (Å²) in [6.45, 7) is -1.18. The zero-order valence-corrected chi connectivity index (χ0v) is 11.0. The molecular weight excluding hydrogens is 274 g/mol. The van der Waals surface area contributed by atoms with Crippen LogP contribution in [0, 0.1) is 0 Å². The van der Waals surface area contributed by atoms with E-state index in [0.717, 1.165) is 0 Å². The standard InChI is InChI=1S/C12H14F2N2O2S/c1-7(5-10(15)19)16-11(17)8-3-2-4-9(6-8)18-12(13)14/h2-4,6-7,12H,5H2,1H3,(H2,15,19)(H,16,17). The average molecular weight is 288 g/mol. The molecule has 0 aliphatic carbocycles. The van der Waals surface area contributed by atoms with Gasteiger partial charge in [-0.1, -0.05) is 18.3 Å². The van der Waals surface area contributed by atoms with Crippen LogP contribution in [-0.2, 0) is 0 Å². The van der Waals surface area contributed by atoms with E-state index in [2.05, 4.69) is 10.1 Å². The summed E-state index contributed by atoms with van der Waals surface area (Å²) in [4.78, 5) is 12.1. The molecule has 0 spiro atoms. The Morgan fingerprint density at radius 3 is 2.79 bits per heavy atom. The van der Waals surface area contributed by atoms with Crippen LogP contribution in [0.5, 0.6) is 5.75 Å². The first-order chi connectivity index (χ1) is 8.88. The number of hydrogen-bond donors (Lipinski definition) is 2. The van der Waals surface area contributed by atoms with E-state index in [4.69, 9.17) is 18.0 Å². The molecule has 104 valence electrons. The molecular formula is C12H14F2N2O2S. The fraction of sp³-hybridized carbons (Fsp3) is 0.333. The summed E-state index contributed by atoms with van der Waals surface area (Å²) in [5.41, 5.74) is 5.59. The second-order valence-corrected chi connectivity index (χ2v) is 4.48. The van der Waals surface area contributed by atoms with Gasteiger partial charge in [0, 0.05) is 18.0 Å². The molecule has 1 atom stereocenters. The molecule has 0 radical (unpaired) electrons. The smallest absolute Gasteiger partial charge is 0.387 e. The van der Waals surface area contributed by atoms with E-state index in [1.54, 1.807) is 6.92 Å². The predicted octanol–water partition coefficient (Wildman–Crippen LogP) is 2.08. The quantitative estimate of drug-likeness (QED) is 0.787. The van der Waals surface area contributed by atoms with E-state index in [0.29, 0.717) is 11.4 Å². The molecule has 1 aromatic rings. The lowest BCUT2D eigenvalue weighted by atomic mass is 10.1. The Morgan fingerprint density at radius 1 is 1.53 bits per heavy atom. The molecule has 1 aromatic carbocycles. The van der Waals surface area contributed by atoms with Gasteiger partial charge in [0.25, 0.3) is 5.91 Å². The molecule has 1 rings (SSSR count). The van der Waals surface area contributed by atoms with Crippen molar-refractivity contribution in [2.45, 2.75) is 26.0 Å². The molecule has 4 nitrogen and oxygen atoms in total.